The van der Waals surface area contributed by atoms with Crippen molar-refractivity contribution < 1.29 is 9.53 Å². The van der Waals surface area contributed by atoms with Crippen LogP contribution in [0.5, 0.6) is 5.75 Å². The summed E-state index contributed by atoms with van der Waals surface area (Å²) >= 11 is 6.81. The first-order chi connectivity index (χ1) is 10.9. The van der Waals surface area contributed by atoms with Gasteiger partial charge in [-0.2, -0.15) is 5.10 Å². The van der Waals surface area contributed by atoms with E-state index in [1.54, 1.807) is 25.1 Å². The van der Waals surface area contributed by atoms with Gasteiger partial charge in [0.1, 0.15) is 5.75 Å². The zero-order valence-corrected chi connectivity index (χ0v) is 13.7. The predicted molar refractivity (Wildman–Crippen MR) is 87.4 cm³/mol. The molecule has 2 rings (SSSR count). The predicted octanol–water partition coefficient (Wildman–Crippen LogP) is 1.24. The molecule has 3 N–H and O–H groups in total. The molecule has 0 spiro atoms. The third-order valence-corrected chi connectivity index (χ3v) is 4.06. The van der Waals surface area contributed by atoms with Crippen molar-refractivity contribution in [3.63, 3.8) is 0 Å². The number of nitrogens with zero attached hydrogens (tertiary/aromatic N) is 1. The van der Waals surface area contributed by atoms with Gasteiger partial charge in [-0.1, -0.05) is 23.4 Å². The summed E-state index contributed by atoms with van der Waals surface area (Å²) in [6.45, 7) is 1.60. The van der Waals surface area contributed by atoms with Crippen molar-refractivity contribution in [3.8, 4) is 5.75 Å². The van der Waals surface area contributed by atoms with Crippen LogP contribution in [0.25, 0.3) is 0 Å². The lowest BCUT2D eigenvalue weighted by atomic mass is 10.3. The number of benzene rings is 1. The molecule has 0 saturated carbocycles. The summed E-state index contributed by atoms with van der Waals surface area (Å²) in [7, 11) is 1.47. The Labute approximate surface area is 139 Å². The van der Waals surface area contributed by atoms with E-state index in [0.29, 0.717) is 16.5 Å². The topological polar surface area (TPSA) is 117 Å². The van der Waals surface area contributed by atoms with Crippen LogP contribution >= 0.6 is 23.4 Å². The highest BCUT2D eigenvalue weighted by atomic mass is 35.5. The van der Waals surface area contributed by atoms with Gasteiger partial charge in [-0.3, -0.25) is 14.6 Å². The number of methoxy groups -OCH3 is 1. The van der Waals surface area contributed by atoms with Gasteiger partial charge in [-0.25, -0.2) is 9.89 Å². The molecule has 0 radical (unpaired) electrons. The molecule has 122 valence electrons. The second kappa shape index (κ2) is 7.34. The summed E-state index contributed by atoms with van der Waals surface area (Å²) in [6.07, 6.45) is 0. The molecule has 0 bridgehead atoms. The molecule has 1 aromatic carbocycles. The molecule has 1 aromatic heterocycles. The van der Waals surface area contributed by atoms with E-state index < -0.39 is 16.5 Å². The molecular formula is C13H13ClN4O4S. The summed E-state index contributed by atoms with van der Waals surface area (Å²) < 4.78 is 5.14. The molecule has 0 saturated heterocycles. The third kappa shape index (κ3) is 4.36. The number of thioether (sulfide) groups is 1. The van der Waals surface area contributed by atoms with Crippen LogP contribution in [-0.4, -0.2) is 33.4 Å². The van der Waals surface area contributed by atoms with Crippen molar-refractivity contribution in [2.45, 2.75) is 17.2 Å². The van der Waals surface area contributed by atoms with E-state index in [1.807, 2.05) is 4.98 Å². The largest absolute Gasteiger partial charge is 0.495 e. The smallest absolute Gasteiger partial charge is 0.342 e. The maximum Gasteiger partial charge on any atom is 0.342 e. The van der Waals surface area contributed by atoms with Gasteiger partial charge in [0, 0.05) is 5.02 Å². The lowest BCUT2D eigenvalue weighted by Crippen LogP contribution is -2.28. The van der Waals surface area contributed by atoms with Crippen LogP contribution in [-0.2, 0) is 4.79 Å². The maximum absolute atomic E-state index is 12.2. The van der Waals surface area contributed by atoms with Crippen molar-refractivity contribution in [1.29, 1.82) is 0 Å². The zero-order chi connectivity index (χ0) is 17.0. The van der Waals surface area contributed by atoms with E-state index in [2.05, 4.69) is 15.5 Å². The molecule has 8 nitrogen and oxygen atoms in total. The third-order valence-electron chi connectivity index (χ3n) is 2.76. The van der Waals surface area contributed by atoms with E-state index in [0.717, 1.165) is 11.8 Å². The minimum absolute atomic E-state index is 0.00897. The van der Waals surface area contributed by atoms with Crippen molar-refractivity contribution >= 4 is 35.0 Å². The average Bonchev–Trinajstić information content (AvgIpc) is 2.50. The Morgan fingerprint density at radius 2 is 2.17 bits per heavy atom. The highest BCUT2D eigenvalue weighted by molar-refractivity contribution is 8.00. The molecule has 0 aliphatic carbocycles. The minimum atomic E-state index is -0.708. The fourth-order valence-corrected chi connectivity index (χ4v) is 2.58. The second-order valence-corrected chi connectivity index (χ2v) is 6.17. The first-order valence-electron chi connectivity index (χ1n) is 6.40. The highest BCUT2D eigenvalue weighted by Gasteiger charge is 2.19. The quantitative estimate of drug-likeness (QED) is 0.694. The van der Waals surface area contributed by atoms with Crippen LogP contribution in [0.3, 0.4) is 0 Å². The number of H-pyrrole nitrogens is 2. The van der Waals surface area contributed by atoms with E-state index >= 15 is 0 Å². The number of aromatic nitrogens is 3. The molecule has 23 heavy (non-hydrogen) atoms. The fraction of sp³-hybridized carbons (Fsp3) is 0.231. The SMILES string of the molecule is COc1ccc(Cl)cc1NC(=O)C(C)Sc1n[nH]c(=O)[nH]c1=O. The summed E-state index contributed by atoms with van der Waals surface area (Å²) in [5.41, 5.74) is -0.945. The van der Waals surface area contributed by atoms with E-state index in [4.69, 9.17) is 16.3 Å². The zero-order valence-electron chi connectivity index (χ0n) is 12.2. The number of carbonyl (C=O) groups excluding carboxylic acids is 1. The van der Waals surface area contributed by atoms with Crippen molar-refractivity contribution in [2.75, 3.05) is 12.4 Å². The van der Waals surface area contributed by atoms with Gasteiger partial charge < -0.3 is 10.1 Å². The number of rotatable bonds is 5. The number of halogens is 1. The first kappa shape index (κ1) is 17.1. The van der Waals surface area contributed by atoms with Gasteiger partial charge >= 0.3 is 5.69 Å². The van der Waals surface area contributed by atoms with Gasteiger partial charge in [-0.15, -0.1) is 0 Å². The molecule has 1 heterocycles. The number of anilines is 1. The highest BCUT2D eigenvalue weighted by Crippen LogP contribution is 2.28. The number of carbonyl (C=O) groups is 1. The number of ether oxygens (including phenoxy) is 1. The van der Waals surface area contributed by atoms with Crippen LogP contribution in [0.2, 0.25) is 5.02 Å². The second-order valence-electron chi connectivity index (χ2n) is 4.41. The van der Waals surface area contributed by atoms with Gasteiger partial charge in [0.15, 0.2) is 5.03 Å². The molecule has 1 unspecified atom stereocenters. The van der Waals surface area contributed by atoms with Gasteiger partial charge in [0.05, 0.1) is 18.0 Å². The van der Waals surface area contributed by atoms with Crippen LogP contribution in [0.4, 0.5) is 5.69 Å². The number of hydrogen-bond acceptors (Lipinski definition) is 6. The monoisotopic (exact) mass is 356 g/mol. The molecule has 0 fully saturated rings. The van der Waals surface area contributed by atoms with Crippen LogP contribution in [0.1, 0.15) is 6.92 Å². The Morgan fingerprint density at radius 1 is 1.43 bits per heavy atom. The Morgan fingerprint density at radius 3 is 2.83 bits per heavy atom. The Balaban J connectivity index is 2.13. The molecule has 10 heteroatoms. The lowest BCUT2D eigenvalue weighted by Gasteiger charge is -2.13. The van der Waals surface area contributed by atoms with Gasteiger partial charge in [-0.05, 0) is 25.1 Å². The van der Waals surface area contributed by atoms with Crippen LogP contribution in [0.15, 0.2) is 32.8 Å². The van der Waals surface area contributed by atoms with Crippen LogP contribution < -0.4 is 21.3 Å². The average molecular weight is 357 g/mol. The van der Waals surface area contributed by atoms with Crippen molar-refractivity contribution in [2.24, 2.45) is 0 Å². The van der Waals surface area contributed by atoms with Gasteiger partial charge in [0.2, 0.25) is 5.91 Å². The maximum atomic E-state index is 12.2. The van der Waals surface area contributed by atoms with Gasteiger partial charge in [0.25, 0.3) is 5.56 Å². The Hall–Kier alpha value is -2.26. The molecule has 1 amide bonds. The lowest BCUT2D eigenvalue weighted by molar-refractivity contribution is -0.115. The van der Waals surface area contributed by atoms with E-state index in [1.165, 1.54) is 7.11 Å². The summed E-state index contributed by atoms with van der Waals surface area (Å²) in [6, 6.07) is 4.82. The molecule has 1 atom stereocenters. The normalized spacial score (nSPS) is 11.8. The number of nitrogens with one attached hydrogen (secondary N) is 3. The summed E-state index contributed by atoms with van der Waals surface area (Å²) in [4.78, 5) is 36.8. The Kier molecular flexibility index (Phi) is 5.45. The molecule has 0 aliphatic heterocycles. The van der Waals surface area contributed by atoms with Crippen molar-refractivity contribution in [3.05, 3.63) is 44.1 Å². The van der Waals surface area contributed by atoms with E-state index in [-0.39, 0.29) is 10.9 Å². The van der Waals surface area contributed by atoms with E-state index in [9.17, 15) is 14.4 Å². The Bertz CT molecular complexity index is 835. The fourth-order valence-electron chi connectivity index (χ4n) is 1.65. The molecular weight excluding hydrogens is 344 g/mol. The first-order valence-corrected chi connectivity index (χ1v) is 7.66. The summed E-state index contributed by atoms with van der Waals surface area (Å²) in [5.74, 6) is 0.0860. The standard InChI is InChI=1S/C13H13ClN4O4S/c1-6(23-12-11(20)16-13(21)18-17-12)10(19)15-8-5-7(14)3-4-9(8)22-2/h3-6H,1-2H3,(H,15,19)(H2,16,18,20,21). The molecule has 2 aromatic rings. The molecule has 0 aliphatic rings. The number of amides is 1. The van der Waals surface area contributed by atoms with Crippen LogP contribution in [0, 0.1) is 0 Å². The summed E-state index contributed by atoms with van der Waals surface area (Å²) in [5, 5.41) is 8.19. The number of aromatic amines is 2. The minimum Gasteiger partial charge on any atom is -0.495 e. The van der Waals surface area contributed by atoms with Crippen molar-refractivity contribution in [1.82, 2.24) is 15.2 Å². The number of hydrogen-bond donors (Lipinski definition) is 3.